The highest BCUT2D eigenvalue weighted by atomic mass is 35.7. The largest absolute Gasteiger partial charge is 0.267 e. The summed E-state index contributed by atoms with van der Waals surface area (Å²) in [7, 11) is 0.271. The minimum Gasteiger partial charge on any atom is -0.208 e. The molecule has 1 aromatic heterocycles. The van der Waals surface area contributed by atoms with Crippen molar-refractivity contribution in [3.8, 4) is 6.07 Å². The molecule has 1 rings (SSSR count). The van der Waals surface area contributed by atoms with E-state index in [2.05, 4.69) is 4.98 Å². The van der Waals surface area contributed by atoms with E-state index >= 15 is 0 Å². The van der Waals surface area contributed by atoms with Crippen LogP contribution in [0.1, 0.15) is 17.7 Å². The summed E-state index contributed by atoms with van der Waals surface area (Å²) >= 11 is 0. The first-order valence-corrected chi connectivity index (χ1v) is 5.91. The van der Waals surface area contributed by atoms with Gasteiger partial charge >= 0.3 is 0 Å². The van der Waals surface area contributed by atoms with Crippen LogP contribution in [0.25, 0.3) is 0 Å². The Hall–Kier alpha value is -1.33. The molecule has 0 aliphatic heterocycles. The zero-order chi connectivity index (χ0) is 12.5. The van der Waals surface area contributed by atoms with Crippen LogP contribution in [0.3, 0.4) is 0 Å². The lowest BCUT2D eigenvalue weighted by Crippen LogP contribution is -2.06. The predicted octanol–water partition coefficient (Wildman–Crippen LogP) is 1.96. The Kier molecular flexibility index (Phi) is 3.40. The first kappa shape index (κ1) is 12.7. The Labute approximate surface area is 92.7 Å². The highest BCUT2D eigenvalue weighted by Crippen LogP contribution is 2.31. The van der Waals surface area contributed by atoms with Crippen molar-refractivity contribution in [3.63, 3.8) is 0 Å². The van der Waals surface area contributed by atoms with Crippen LogP contribution in [-0.2, 0) is 9.05 Å². The third-order valence-corrected chi connectivity index (χ3v) is 2.94. The molecule has 4 nitrogen and oxygen atoms in total. The summed E-state index contributed by atoms with van der Waals surface area (Å²) in [5.74, 6) is -1.37. The third-order valence-electron chi connectivity index (χ3n) is 1.58. The number of pyridine rings is 1. The van der Waals surface area contributed by atoms with Gasteiger partial charge in [0.05, 0.1) is 10.5 Å². The van der Waals surface area contributed by atoms with Gasteiger partial charge in [0.25, 0.3) is 15.5 Å². The van der Waals surface area contributed by atoms with Crippen molar-refractivity contribution in [1.29, 1.82) is 5.26 Å². The SMILES string of the molecule is N#Cc1nc(F)cc(S(=O)(=O)Cl)c1C(F)F. The molecule has 1 heterocycles. The highest BCUT2D eigenvalue weighted by Gasteiger charge is 2.27. The second-order valence-corrected chi connectivity index (χ2v) is 5.09. The van der Waals surface area contributed by atoms with Gasteiger partial charge in [-0.25, -0.2) is 22.2 Å². The van der Waals surface area contributed by atoms with Crippen LogP contribution in [-0.4, -0.2) is 13.4 Å². The molecule has 0 aliphatic rings. The average molecular weight is 271 g/mol. The average Bonchev–Trinajstić information content (AvgIpc) is 2.14. The Balaban J connectivity index is 3.73. The van der Waals surface area contributed by atoms with Crippen molar-refractivity contribution in [1.82, 2.24) is 4.98 Å². The van der Waals surface area contributed by atoms with Gasteiger partial charge in [-0.15, -0.1) is 0 Å². The molecule has 0 N–H and O–H groups in total. The van der Waals surface area contributed by atoms with Gasteiger partial charge in [0.1, 0.15) is 6.07 Å². The molecule has 0 fully saturated rings. The molecule has 16 heavy (non-hydrogen) atoms. The predicted molar refractivity (Wildman–Crippen MR) is 46.9 cm³/mol. The zero-order valence-electron chi connectivity index (χ0n) is 7.29. The molecule has 0 amide bonds. The molecule has 0 aliphatic carbocycles. The Bertz CT molecular complexity index is 568. The van der Waals surface area contributed by atoms with Crippen molar-refractivity contribution in [2.75, 3.05) is 0 Å². The first-order chi connectivity index (χ1) is 7.27. The van der Waals surface area contributed by atoms with E-state index in [9.17, 15) is 21.6 Å². The molecule has 0 unspecified atom stereocenters. The maximum atomic E-state index is 12.8. The number of hydrogen-bond acceptors (Lipinski definition) is 4. The summed E-state index contributed by atoms with van der Waals surface area (Å²) in [4.78, 5) is 1.71. The van der Waals surface area contributed by atoms with Crippen LogP contribution in [0.15, 0.2) is 11.0 Å². The summed E-state index contributed by atoms with van der Waals surface area (Å²) in [5.41, 5.74) is -2.20. The van der Waals surface area contributed by atoms with Crippen LogP contribution < -0.4 is 0 Å². The van der Waals surface area contributed by atoms with Gasteiger partial charge in [0.2, 0.25) is 5.95 Å². The molecular formula is C7H2ClF3N2O2S. The van der Waals surface area contributed by atoms with E-state index in [4.69, 9.17) is 15.9 Å². The summed E-state index contributed by atoms with van der Waals surface area (Å²) < 4.78 is 59.6. The molecule has 0 aromatic carbocycles. The summed E-state index contributed by atoms with van der Waals surface area (Å²) in [6.07, 6.45) is -3.30. The van der Waals surface area contributed by atoms with Crippen LogP contribution in [0.2, 0.25) is 0 Å². The van der Waals surface area contributed by atoms with Crippen LogP contribution in [0, 0.1) is 17.3 Å². The van der Waals surface area contributed by atoms with Crippen LogP contribution >= 0.6 is 10.7 Å². The van der Waals surface area contributed by atoms with Crippen molar-refractivity contribution in [2.45, 2.75) is 11.3 Å². The molecule has 0 spiro atoms. The molecule has 0 radical (unpaired) electrons. The lowest BCUT2D eigenvalue weighted by Gasteiger charge is -2.06. The Morgan fingerprint density at radius 1 is 1.50 bits per heavy atom. The number of hydrogen-bond donors (Lipinski definition) is 0. The van der Waals surface area contributed by atoms with Crippen molar-refractivity contribution >= 4 is 19.7 Å². The molecule has 0 saturated carbocycles. The van der Waals surface area contributed by atoms with Gasteiger partial charge in [-0.1, -0.05) is 0 Å². The minimum absolute atomic E-state index is 0.241. The first-order valence-electron chi connectivity index (χ1n) is 3.60. The maximum Gasteiger partial charge on any atom is 0.267 e. The van der Waals surface area contributed by atoms with E-state index in [1.807, 2.05) is 0 Å². The standard InChI is InChI=1S/C7H2ClF3N2O2S/c8-16(14,15)4-1-5(9)13-3(2-12)6(4)7(10)11/h1,7H. The number of halogens is 4. The van der Waals surface area contributed by atoms with E-state index in [1.54, 1.807) is 0 Å². The Morgan fingerprint density at radius 2 is 2.06 bits per heavy atom. The molecule has 0 atom stereocenters. The summed E-state index contributed by atoms with van der Waals surface area (Å²) in [6.45, 7) is 0. The molecule has 0 saturated heterocycles. The molecule has 0 bridgehead atoms. The van der Waals surface area contributed by atoms with E-state index < -0.39 is 37.6 Å². The van der Waals surface area contributed by atoms with Crippen LogP contribution in [0.4, 0.5) is 13.2 Å². The Morgan fingerprint density at radius 3 is 2.44 bits per heavy atom. The normalized spacial score (nSPS) is 11.5. The fourth-order valence-corrected chi connectivity index (χ4v) is 2.07. The lowest BCUT2D eigenvalue weighted by atomic mass is 10.2. The highest BCUT2D eigenvalue weighted by molar-refractivity contribution is 8.13. The maximum absolute atomic E-state index is 12.8. The topological polar surface area (TPSA) is 70.8 Å². The van der Waals surface area contributed by atoms with E-state index in [0.29, 0.717) is 0 Å². The zero-order valence-corrected chi connectivity index (χ0v) is 8.86. The quantitative estimate of drug-likeness (QED) is 0.608. The van der Waals surface area contributed by atoms with Crippen LogP contribution in [0.5, 0.6) is 0 Å². The van der Waals surface area contributed by atoms with E-state index in [0.717, 1.165) is 0 Å². The number of alkyl halides is 2. The fraction of sp³-hybridized carbons (Fsp3) is 0.143. The number of nitrogens with zero attached hydrogens (tertiary/aromatic N) is 2. The van der Waals surface area contributed by atoms with E-state index in [1.165, 1.54) is 6.07 Å². The molecule has 1 aromatic rings. The number of aromatic nitrogens is 1. The smallest absolute Gasteiger partial charge is 0.208 e. The number of nitriles is 1. The van der Waals surface area contributed by atoms with Crippen molar-refractivity contribution < 1.29 is 21.6 Å². The van der Waals surface area contributed by atoms with Crippen molar-refractivity contribution in [3.05, 3.63) is 23.3 Å². The second-order valence-electron chi connectivity index (χ2n) is 2.56. The van der Waals surface area contributed by atoms with E-state index in [-0.39, 0.29) is 6.07 Å². The van der Waals surface area contributed by atoms with Crippen molar-refractivity contribution in [2.24, 2.45) is 0 Å². The van der Waals surface area contributed by atoms with Gasteiger partial charge in [-0.3, -0.25) is 0 Å². The summed E-state index contributed by atoms with van der Waals surface area (Å²) in [6, 6.07) is 1.42. The lowest BCUT2D eigenvalue weighted by molar-refractivity contribution is 0.147. The summed E-state index contributed by atoms with van der Waals surface area (Å²) in [5, 5.41) is 8.43. The van der Waals surface area contributed by atoms with Gasteiger partial charge in [0.15, 0.2) is 5.69 Å². The second kappa shape index (κ2) is 4.27. The molecule has 86 valence electrons. The molecular weight excluding hydrogens is 269 g/mol. The molecule has 9 heteroatoms. The monoisotopic (exact) mass is 270 g/mol. The minimum atomic E-state index is -4.57. The van der Waals surface area contributed by atoms with Gasteiger partial charge in [-0.05, 0) is 0 Å². The fourth-order valence-electron chi connectivity index (χ4n) is 1.000. The number of rotatable bonds is 2. The van der Waals surface area contributed by atoms with Gasteiger partial charge in [-0.2, -0.15) is 9.65 Å². The van der Waals surface area contributed by atoms with Gasteiger partial charge < -0.3 is 0 Å². The van der Waals surface area contributed by atoms with Gasteiger partial charge in [0, 0.05) is 16.7 Å². The third kappa shape index (κ3) is 2.43.